The first-order valence-electron chi connectivity index (χ1n) is 8.42. The molecule has 2 aromatic carbocycles. The number of nitrogens with one attached hydrogen (secondary N) is 2. The molecule has 1 atom stereocenters. The molecule has 0 aliphatic heterocycles. The summed E-state index contributed by atoms with van der Waals surface area (Å²) >= 11 is 5.84. The third-order valence-electron chi connectivity index (χ3n) is 4.00. The molecule has 2 amide bonds. The molecule has 1 unspecified atom stereocenters. The Hall–Kier alpha value is -3.18. The van der Waals surface area contributed by atoms with E-state index in [-0.39, 0.29) is 23.6 Å². The number of nitrogens with zero attached hydrogens (tertiary/aromatic N) is 1. The molecule has 1 heterocycles. The molecule has 3 rings (SSSR count). The maximum Gasteiger partial charge on any atom is 0.270 e. The van der Waals surface area contributed by atoms with Gasteiger partial charge in [-0.25, -0.2) is 0 Å². The summed E-state index contributed by atoms with van der Waals surface area (Å²) in [4.78, 5) is 29.0. The fourth-order valence-electron chi connectivity index (χ4n) is 2.53. The summed E-state index contributed by atoms with van der Waals surface area (Å²) < 4.78 is 0. The van der Waals surface area contributed by atoms with E-state index in [0.717, 1.165) is 5.56 Å². The van der Waals surface area contributed by atoms with E-state index in [4.69, 9.17) is 11.6 Å². The fourth-order valence-corrected chi connectivity index (χ4v) is 2.65. The van der Waals surface area contributed by atoms with Crippen molar-refractivity contribution >= 4 is 29.1 Å². The molecule has 0 saturated carbocycles. The van der Waals surface area contributed by atoms with Crippen LogP contribution in [0, 0.1) is 0 Å². The predicted octanol–water partition coefficient (Wildman–Crippen LogP) is 4.48. The van der Waals surface area contributed by atoms with E-state index in [1.807, 2.05) is 37.3 Å². The van der Waals surface area contributed by atoms with Gasteiger partial charge in [0, 0.05) is 22.5 Å². The van der Waals surface area contributed by atoms with Gasteiger partial charge in [-0.05, 0) is 48.9 Å². The molecular formula is C21H18ClN3O2. The van der Waals surface area contributed by atoms with Crippen molar-refractivity contribution in [2.24, 2.45) is 0 Å². The molecule has 6 heteroatoms. The van der Waals surface area contributed by atoms with Crippen molar-refractivity contribution in [1.29, 1.82) is 0 Å². The van der Waals surface area contributed by atoms with Crippen LogP contribution < -0.4 is 10.6 Å². The predicted molar refractivity (Wildman–Crippen MR) is 106 cm³/mol. The van der Waals surface area contributed by atoms with Crippen LogP contribution in [-0.4, -0.2) is 16.8 Å². The monoisotopic (exact) mass is 379 g/mol. The Labute approximate surface area is 162 Å². The zero-order chi connectivity index (χ0) is 19.2. The van der Waals surface area contributed by atoms with Crippen LogP contribution in [0.2, 0.25) is 5.02 Å². The molecular weight excluding hydrogens is 362 g/mol. The summed E-state index contributed by atoms with van der Waals surface area (Å²) in [5.74, 6) is -0.669. The van der Waals surface area contributed by atoms with E-state index < -0.39 is 0 Å². The summed E-state index contributed by atoms with van der Waals surface area (Å²) in [6.07, 6.45) is 1.44. The van der Waals surface area contributed by atoms with Gasteiger partial charge in [0.15, 0.2) is 0 Å². The Morgan fingerprint density at radius 3 is 2.37 bits per heavy atom. The molecule has 27 heavy (non-hydrogen) atoms. The molecule has 0 bridgehead atoms. The van der Waals surface area contributed by atoms with Crippen LogP contribution in [0.4, 0.5) is 5.69 Å². The number of pyridine rings is 1. The van der Waals surface area contributed by atoms with E-state index in [9.17, 15) is 9.59 Å². The van der Waals surface area contributed by atoms with E-state index in [1.54, 1.807) is 30.3 Å². The smallest absolute Gasteiger partial charge is 0.270 e. The number of rotatable bonds is 5. The molecule has 1 aromatic heterocycles. The van der Waals surface area contributed by atoms with Gasteiger partial charge in [-0.15, -0.1) is 0 Å². The van der Waals surface area contributed by atoms with Crippen molar-refractivity contribution < 1.29 is 9.59 Å². The van der Waals surface area contributed by atoms with Crippen LogP contribution in [0.5, 0.6) is 0 Å². The largest absolute Gasteiger partial charge is 0.344 e. The molecule has 5 nitrogen and oxygen atoms in total. The number of aromatic nitrogens is 1. The lowest BCUT2D eigenvalue weighted by Crippen LogP contribution is -2.27. The van der Waals surface area contributed by atoms with Crippen LogP contribution in [-0.2, 0) is 0 Å². The Kier molecular flexibility index (Phi) is 5.84. The lowest BCUT2D eigenvalue weighted by atomic mass is 10.1. The number of anilines is 1. The zero-order valence-electron chi connectivity index (χ0n) is 14.6. The number of amides is 2. The third kappa shape index (κ3) is 4.92. The van der Waals surface area contributed by atoms with Crippen LogP contribution in [0.1, 0.15) is 39.4 Å². The molecule has 136 valence electrons. The first kappa shape index (κ1) is 18.6. The second kappa shape index (κ2) is 8.47. The zero-order valence-corrected chi connectivity index (χ0v) is 15.4. The van der Waals surface area contributed by atoms with Gasteiger partial charge in [-0.2, -0.15) is 0 Å². The van der Waals surface area contributed by atoms with E-state index in [2.05, 4.69) is 15.6 Å². The summed E-state index contributed by atoms with van der Waals surface area (Å²) in [5.41, 5.74) is 2.13. The SMILES string of the molecule is CC(NC(=O)c1cc(C(=O)Nc2ccc(Cl)cc2)ccn1)c1ccccc1. The molecule has 0 spiro atoms. The van der Waals surface area contributed by atoms with Gasteiger partial charge in [-0.1, -0.05) is 41.9 Å². The Morgan fingerprint density at radius 1 is 0.963 bits per heavy atom. The number of carbonyl (C=O) groups is 2. The van der Waals surface area contributed by atoms with Gasteiger partial charge in [0.05, 0.1) is 6.04 Å². The average molecular weight is 380 g/mol. The third-order valence-corrected chi connectivity index (χ3v) is 4.26. The Morgan fingerprint density at radius 2 is 1.67 bits per heavy atom. The topological polar surface area (TPSA) is 71.1 Å². The average Bonchev–Trinajstić information content (AvgIpc) is 2.70. The molecule has 2 N–H and O–H groups in total. The van der Waals surface area contributed by atoms with E-state index in [0.29, 0.717) is 16.3 Å². The second-order valence-corrected chi connectivity index (χ2v) is 6.43. The Balaban J connectivity index is 1.69. The minimum absolute atomic E-state index is 0.174. The number of hydrogen-bond donors (Lipinski definition) is 2. The highest BCUT2D eigenvalue weighted by Crippen LogP contribution is 2.15. The molecule has 0 fully saturated rings. The molecule has 0 radical (unpaired) electrons. The second-order valence-electron chi connectivity index (χ2n) is 6.00. The first-order chi connectivity index (χ1) is 13.0. The van der Waals surface area contributed by atoms with Crippen LogP contribution in [0.15, 0.2) is 72.9 Å². The van der Waals surface area contributed by atoms with Gasteiger partial charge in [0.25, 0.3) is 11.8 Å². The highest BCUT2D eigenvalue weighted by atomic mass is 35.5. The Bertz CT molecular complexity index is 943. The molecule has 3 aromatic rings. The standard InChI is InChI=1S/C21H18ClN3O2/c1-14(15-5-3-2-4-6-15)24-21(27)19-13-16(11-12-23-19)20(26)25-18-9-7-17(22)8-10-18/h2-14H,1H3,(H,24,27)(H,25,26). The normalized spacial score (nSPS) is 11.5. The summed E-state index contributed by atoms with van der Waals surface area (Å²) in [6, 6.07) is 19.3. The van der Waals surface area contributed by atoms with Crippen molar-refractivity contribution in [2.45, 2.75) is 13.0 Å². The number of halogens is 1. The van der Waals surface area contributed by atoms with Gasteiger partial charge < -0.3 is 10.6 Å². The minimum Gasteiger partial charge on any atom is -0.344 e. The van der Waals surface area contributed by atoms with Crippen molar-refractivity contribution in [3.05, 3.63) is 94.8 Å². The van der Waals surface area contributed by atoms with Gasteiger partial charge in [-0.3, -0.25) is 14.6 Å². The fraction of sp³-hybridized carbons (Fsp3) is 0.0952. The molecule has 0 aliphatic rings. The number of carbonyl (C=O) groups excluding carboxylic acids is 2. The summed E-state index contributed by atoms with van der Waals surface area (Å²) in [7, 11) is 0. The number of benzene rings is 2. The van der Waals surface area contributed by atoms with E-state index in [1.165, 1.54) is 12.3 Å². The highest BCUT2D eigenvalue weighted by molar-refractivity contribution is 6.30. The highest BCUT2D eigenvalue weighted by Gasteiger charge is 2.15. The summed E-state index contributed by atoms with van der Waals surface area (Å²) in [5, 5.41) is 6.23. The molecule has 0 saturated heterocycles. The maximum atomic E-state index is 12.5. The maximum absolute atomic E-state index is 12.5. The van der Waals surface area contributed by atoms with Crippen molar-refractivity contribution in [1.82, 2.24) is 10.3 Å². The molecule has 0 aliphatic carbocycles. The van der Waals surface area contributed by atoms with Gasteiger partial charge in [0.2, 0.25) is 0 Å². The van der Waals surface area contributed by atoms with Gasteiger partial charge in [0.1, 0.15) is 5.69 Å². The first-order valence-corrected chi connectivity index (χ1v) is 8.79. The van der Waals surface area contributed by atoms with Gasteiger partial charge >= 0.3 is 0 Å². The lowest BCUT2D eigenvalue weighted by Gasteiger charge is -2.14. The van der Waals surface area contributed by atoms with Crippen LogP contribution >= 0.6 is 11.6 Å². The van der Waals surface area contributed by atoms with Crippen molar-refractivity contribution in [3.63, 3.8) is 0 Å². The quantitative estimate of drug-likeness (QED) is 0.686. The lowest BCUT2D eigenvalue weighted by molar-refractivity contribution is 0.0935. The minimum atomic E-state index is -0.340. The summed E-state index contributed by atoms with van der Waals surface area (Å²) in [6.45, 7) is 1.89. The van der Waals surface area contributed by atoms with Crippen LogP contribution in [0.25, 0.3) is 0 Å². The van der Waals surface area contributed by atoms with Crippen molar-refractivity contribution in [3.8, 4) is 0 Å². The number of hydrogen-bond acceptors (Lipinski definition) is 3. The van der Waals surface area contributed by atoms with Crippen molar-refractivity contribution in [2.75, 3.05) is 5.32 Å². The van der Waals surface area contributed by atoms with Crippen LogP contribution in [0.3, 0.4) is 0 Å². The van der Waals surface area contributed by atoms with E-state index >= 15 is 0 Å².